The summed E-state index contributed by atoms with van der Waals surface area (Å²) in [5.74, 6) is -4.38. The first-order valence-corrected chi connectivity index (χ1v) is 14.2. The minimum absolute atomic E-state index is 0.0567. The largest absolute Gasteiger partial charge is 0.418 e. The molecule has 1 aliphatic rings. The van der Waals surface area contributed by atoms with Crippen LogP contribution in [-0.2, 0) is 5.92 Å². The van der Waals surface area contributed by atoms with Crippen LogP contribution in [0, 0.1) is 12.8 Å². The van der Waals surface area contributed by atoms with E-state index >= 15 is 0 Å². The van der Waals surface area contributed by atoms with Gasteiger partial charge in [0.05, 0.1) is 0 Å². The average molecular weight is 573 g/mol. The number of alkyl halides is 2. The van der Waals surface area contributed by atoms with E-state index in [1.165, 1.54) is 6.92 Å². The Morgan fingerprint density at radius 3 is 2.29 bits per heavy atom. The number of rotatable bonds is 8. The zero-order valence-electron chi connectivity index (χ0n) is 23.9. The molecular weight excluding hydrogens is 538 g/mol. The van der Waals surface area contributed by atoms with E-state index in [-0.39, 0.29) is 11.9 Å². The number of aryl methyl sites for hydroxylation is 1. The fourth-order valence-electron chi connectivity index (χ4n) is 5.03. The topological polar surface area (TPSA) is 87.5 Å². The number of halogens is 2. The Hall–Kier alpha value is -4.53. The van der Waals surface area contributed by atoms with Crippen molar-refractivity contribution in [1.29, 1.82) is 0 Å². The molecule has 1 atom stereocenters. The highest BCUT2D eigenvalue weighted by atomic mass is 19.3. The third kappa shape index (κ3) is 6.35. The van der Waals surface area contributed by atoms with Crippen LogP contribution >= 0.6 is 0 Å². The summed E-state index contributed by atoms with van der Waals surface area (Å²) in [6.45, 7) is 6.65. The summed E-state index contributed by atoms with van der Waals surface area (Å²) < 4.78 is 35.3. The molecule has 3 aromatic carbocycles. The van der Waals surface area contributed by atoms with Gasteiger partial charge >= 0.3 is 0 Å². The van der Waals surface area contributed by atoms with Gasteiger partial charge in [0, 0.05) is 36.4 Å². The first-order valence-electron chi connectivity index (χ1n) is 14.2. The van der Waals surface area contributed by atoms with E-state index in [2.05, 4.69) is 22.5 Å². The SMILES string of the molecule is CCC(F)(F)c1nc(N2CCCC(C)C2)oc1C(=O)Nc1ccc(-c2ccc(C(=O)Nc3ccccc3C)cc2)cc1. The van der Waals surface area contributed by atoms with Crippen molar-refractivity contribution in [2.45, 2.75) is 46.0 Å². The molecule has 218 valence electrons. The van der Waals surface area contributed by atoms with Gasteiger partial charge in [0.15, 0.2) is 5.69 Å². The Morgan fingerprint density at radius 2 is 1.64 bits per heavy atom. The van der Waals surface area contributed by atoms with Gasteiger partial charge in [-0.1, -0.05) is 56.3 Å². The zero-order valence-corrected chi connectivity index (χ0v) is 23.9. The lowest BCUT2D eigenvalue weighted by molar-refractivity contribution is -0.0137. The van der Waals surface area contributed by atoms with E-state index in [4.69, 9.17) is 4.42 Å². The van der Waals surface area contributed by atoms with E-state index < -0.39 is 29.7 Å². The number of benzene rings is 3. The molecule has 0 bridgehead atoms. The summed E-state index contributed by atoms with van der Waals surface area (Å²) in [5, 5.41) is 5.60. The fourth-order valence-corrected chi connectivity index (χ4v) is 5.03. The van der Waals surface area contributed by atoms with Gasteiger partial charge in [-0.3, -0.25) is 9.59 Å². The van der Waals surface area contributed by atoms with Crippen LogP contribution < -0.4 is 15.5 Å². The van der Waals surface area contributed by atoms with Crippen LogP contribution in [0.15, 0.2) is 77.2 Å². The highest BCUT2D eigenvalue weighted by Crippen LogP contribution is 2.36. The van der Waals surface area contributed by atoms with Gasteiger partial charge in [0.1, 0.15) is 0 Å². The predicted molar refractivity (Wildman–Crippen MR) is 160 cm³/mol. The molecule has 7 nitrogen and oxygen atoms in total. The molecule has 42 heavy (non-hydrogen) atoms. The first kappa shape index (κ1) is 29.0. The van der Waals surface area contributed by atoms with Crippen molar-refractivity contribution in [3.63, 3.8) is 0 Å². The number of carbonyl (C=O) groups is 2. The molecule has 1 saturated heterocycles. The third-order valence-corrected chi connectivity index (χ3v) is 7.56. The van der Waals surface area contributed by atoms with E-state index in [9.17, 15) is 18.4 Å². The molecule has 2 heterocycles. The second-order valence-corrected chi connectivity index (χ2v) is 10.8. The quantitative estimate of drug-likeness (QED) is 0.224. The minimum atomic E-state index is -3.30. The van der Waals surface area contributed by atoms with Crippen molar-refractivity contribution < 1.29 is 22.8 Å². The van der Waals surface area contributed by atoms with Gasteiger partial charge in [0.2, 0.25) is 5.76 Å². The first-order chi connectivity index (χ1) is 20.1. The Morgan fingerprint density at radius 1 is 0.976 bits per heavy atom. The number of oxazole rings is 1. The minimum Gasteiger partial charge on any atom is -0.418 e. The van der Waals surface area contributed by atoms with Crippen molar-refractivity contribution in [3.05, 3.63) is 95.4 Å². The zero-order chi connectivity index (χ0) is 29.9. The molecule has 5 rings (SSSR count). The van der Waals surface area contributed by atoms with Crippen molar-refractivity contribution in [3.8, 4) is 11.1 Å². The fraction of sp³-hybridized carbons (Fsp3) is 0.303. The van der Waals surface area contributed by atoms with Gasteiger partial charge in [-0.15, -0.1) is 0 Å². The molecule has 2 N–H and O–H groups in total. The number of carbonyl (C=O) groups excluding carboxylic acids is 2. The molecule has 0 spiro atoms. The number of piperidine rings is 1. The van der Waals surface area contributed by atoms with Crippen LogP contribution in [0.5, 0.6) is 0 Å². The van der Waals surface area contributed by atoms with Crippen LogP contribution in [0.1, 0.15) is 65.3 Å². The number of anilines is 3. The summed E-state index contributed by atoms with van der Waals surface area (Å²) in [6, 6.07) is 21.8. The van der Waals surface area contributed by atoms with E-state index in [0.29, 0.717) is 30.3 Å². The molecule has 4 aromatic rings. The number of aromatic nitrogens is 1. The van der Waals surface area contributed by atoms with Crippen molar-refractivity contribution in [2.75, 3.05) is 28.6 Å². The molecule has 1 fully saturated rings. The van der Waals surface area contributed by atoms with Crippen LogP contribution in [0.2, 0.25) is 0 Å². The van der Waals surface area contributed by atoms with Crippen LogP contribution in [0.25, 0.3) is 11.1 Å². The molecule has 1 aromatic heterocycles. The number of hydrogen-bond donors (Lipinski definition) is 2. The second kappa shape index (κ2) is 12.1. The van der Waals surface area contributed by atoms with Crippen molar-refractivity contribution in [2.24, 2.45) is 5.92 Å². The second-order valence-electron chi connectivity index (χ2n) is 10.8. The monoisotopic (exact) mass is 572 g/mol. The standard InChI is InChI=1S/C33H34F2N4O3/c1-4-33(34,35)29-28(42-32(38-29)39-19-7-8-21(2)20-39)31(41)36-26-17-15-24(16-18-26)23-11-13-25(14-12-23)30(40)37-27-10-6-5-9-22(27)3/h5-6,9-18,21H,4,7-8,19-20H2,1-3H3,(H,36,41)(H,37,40). The Balaban J connectivity index is 1.28. The highest BCUT2D eigenvalue weighted by molar-refractivity contribution is 6.05. The number of hydrogen-bond acceptors (Lipinski definition) is 5. The molecule has 1 aliphatic heterocycles. The summed E-state index contributed by atoms with van der Waals surface area (Å²) >= 11 is 0. The molecule has 1 unspecified atom stereocenters. The summed E-state index contributed by atoms with van der Waals surface area (Å²) in [4.78, 5) is 31.7. The molecular formula is C33H34F2N4O3. The van der Waals surface area contributed by atoms with Crippen LogP contribution in [-0.4, -0.2) is 29.9 Å². The Bertz CT molecular complexity index is 1570. The van der Waals surface area contributed by atoms with Crippen LogP contribution in [0.3, 0.4) is 0 Å². The van der Waals surface area contributed by atoms with Gasteiger partial charge < -0.3 is 20.0 Å². The molecule has 0 radical (unpaired) electrons. The predicted octanol–water partition coefficient (Wildman–Crippen LogP) is 7.89. The van der Waals surface area contributed by atoms with E-state index in [1.807, 2.05) is 48.2 Å². The third-order valence-electron chi connectivity index (χ3n) is 7.56. The lowest BCUT2D eigenvalue weighted by Gasteiger charge is -2.29. The number of para-hydroxylation sites is 1. The Labute approximate surface area is 244 Å². The number of nitrogens with zero attached hydrogens (tertiary/aromatic N) is 2. The molecule has 0 aliphatic carbocycles. The molecule has 2 amide bonds. The highest BCUT2D eigenvalue weighted by Gasteiger charge is 2.40. The number of amides is 2. The van der Waals surface area contributed by atoms with Crippen molar-refractivity contribution >= 4 is 29.2 Å². The molecule has 9 heteroatoms. The van der Waals surface area contributed by atoms with Gasteiger partial charge in [0.25, 0.3) is 23.8 Å². The summed E-state index contributed by atoms with van der Waals surface area (Å²) in [6.07, 6.45) is 1.45. The Kier molecular flexibility index (Phi) is 8.38. The molecule has 0 saturated carbocycles. The van der Waals surface area contributed by atoms with E-state index in [1.54, 1.807) is 36.4 Å². The van der Waals surface area contributed by atoms with Crippen molar-refractivity contribution in [1.82, 2.24) is 4.98 Å². The average Bonchev–Trinajstić information content (AvgIpc) is 3.46. The maximum Gasteiger partial charge on any atom is 0.298 e. The summed E-state index contributed by atoms with van der Waals surface area (Å²) in [7, 11) is 0. The maximum atomic E-state index is 14.8. The normalized spacial score (nSPS) is 15.4. The van der Waals surface area contributed by atoms with Gasteiger partial charge in [-0.05, 0) is 72.7 Å². The smallest absolute Gasteiger partial charge is 0.298 e. The number of nitrogens with one attached hydrogen (secondary N) is 2. The van der Waals surface area contributed by atoms with Gasteiger partial charge in [-0.25, -0.2) is 0 Å². The van der Waals surface area contributed by atoms with E-state index in [0.717, 1.165) is 35.2 Å². The van der Waals surface area contributed by atoms with Gasteiger partial charge in [-0.2, -0.15) is 13.8 Å². The lowest BCUT2D eigenvalue weighted by Crippen LogP contribution is -2.34. The maximum absolute atomic E-state index is 14.8. The van der Waals surface area contributed by atoms with Crippen LogP contribution in [0.4, 0.5) is 26.2 Å². The summed E-state index contributed by atoms with van der Waals surface area (Å²) in [5.41, 5.74) is 3.78. The lowest BCUT2D eigenvalue weighted by atomic mass is 10.0.